The largest absolute Gasteiger partial charge is 0.629 e. The summed E-state index contributed by atoms with van der Waals surface area (Å²) in [5.74, 6) is -1.23. The quantitative estimate of drug-likeness (QED) is 0.0619. The summed E-state index contributed by atoms with van der Waals surface area (Å²) < 4.78 is 0. The Bertz CT molecular complexity index is 575. The van der Waals surface area contributed by atoms with Crippen LogP contribution < -0.4 is 4.89 Å². The molecule has 0 bridgehead atoms. The highest BCUT2D eigenvalue weighted by Gasteiger charge is 2.51. The Hall–Kier alpha value is -0.930. The topological polar surface area (TPSA) is 75.7 Å². The normalized spacial score (nSPS) is 16.0. The van der Waals surface area contributed by atoms with Crippen LogP contribution >= 0.6 is 7.77 Å². The van der Waals surface area contributed by atoms with Gasteiger partial charge in [0.2, 0.25) is 0 Å². The van der Waals surface area contributed by atoms with Gasteiger partial charge in [-0.25, -0.2) is 19.4 Å². The van der Waals surface area contributed by atoms with Crippen LogP contribution in [0.5, 0.6) is 0 Å². The molecule has 1 aliphatic rings. The van der Waals surface area contributed by atoms with Crippen molar-refractivity contribution in [2.75, 3.05) is 0 Å². The van der Waals surface area contributed by atoms with Crippen LogP contribution in [0.25, 0.3) is 0 Å². The number of carbonyl (C=O) groups excluding carboxylic acids is 2. The highest BCUT2D eigenvalue weighted by Crippen LogP contribution is 2.45. The van der Waals surface area contributed by atoms with Gasteiger partial charge < -0.3 is 4.89 Å². The molecule has 6 heteroatoms. The maximum atomic E-state index is 12.0. The van der Waals surface area contributed by atoms with E-state index >= 15 is 0 Å². The minimum Gasteiger partial charge on any atom is -0.629 e. The predicted octanol–water partition coefficient (Wildman–Crippen LogP) is 7.92. The standard InChI is InChI=1S/C28H51O5P/c1-3-5-7-9-11-13-14-16-18-20-22-24-26(29)32-33-28(30)27-25(34(27)31)23-21-19-17-15-12-10-8-6-4-2/h25H,3-24H2,1-2H3. The van der Waals surface area contributed by atoms with Gasteiger partial charge in [0.1, 0.15) is 0 Å². The zero-order chi connectivity index (χ0) is 24.9. The van der Waals surface area contributed by atoms with Gasteiger partial charge in [-0.3, -0.25) is 0 Å². The van der Waals surface area contributed by atoms with Gasteiger partial charge in [-0.05, 0) is 19.3 Å². The second kappa shape index (κ2) is 21.4. The summed E-state index contributed by atoms with van der Waals surface area (Å²) in [7, 11) is -1.63. The Morgan fingerprint density at radius 3 is 1.53 bits per heavy atom. The summed E-state index contributed by atoms with van der Waals surface area (Å²) in [6, 6.07) is 0. The van der Waals surface area contributed by atoms with Gasteiger partial charge in [0.25, 0.3) is 5.29 Å². The first-order chi connectivity index (χ1) is 16.6. The van der Waals surface area contributed by atoms with E-state index in [-0.39, 0.29) is 12.1 Å². The van der Waals surface area contributed by atoms with E-state index < -0.39 is 19.7 Å². The zero-order valence-corrected chi connectivity index (χ0v) is 23.0. The van der Waals surface area contributed by atoms with Gasteiger partial charge in [-0.15, -0.1) is 0 Å². The molecule has 1 aliphatic heterocycles. The van der Waals surface area contributed by atoms with Gasteiger partial charge >= 0.3 is 11.9 Å². The van der Waals surface area contributed by atoms with Crippen molar-refractivity contribution in [1.82, 2.24) is 0 Å². The first kappa shape index (κ1) is 31.1. The van der Waals surface area contributed by atoms with Gasteiger partial charge in [0.05, 0.1) is 14.2 Å². The number of hydrogen-bond donors (Lipinski definition) is 0. The minimum atomic E-state index is -1.63. The van der Waals surface area contributed by atoms with Crippen molar-refractivity contribution in [3.63, 3.8) is 0 Å². The van der Waals surface area contributed by atoms with E-state index in [0.717, 1.165) is 38.5 Å². The Morgan fingerprint density at radius 1 is 0.647 bits per heavy atom. The van der Waals surface area contributed by atoms with Gasteiger partial charge in [-0.2, -0.15) is 0 Å². The first-order valence-electron chi connectivity index (χ1n) is 14.4. The lowest BCUT2D eigenvalue weighted by Gasteiger charge is -2.03. The fraction of sp³-hybridized carbons (Fsp3) is 0.893. The molecule has 0 radical (unpaired) electrons. The zero-order valence-electron chi connectivity index (χ0n) is 22.1. The summed E-state index contributed by atoms with van der Waals surface area (Å²) in [5.41, 5.74) is -0.169. The molecule has 0 saturated heterocycles. The number of unbranched alkanes of at least 4 members (excludes halogenated alkanes) is 18. The lowest BCUT2D eigenvalue weighted by molar-refractivity contribution is -0.253. The maximum Gasteiger partial charge on any atom is 0.427 e. The minimum absolute atomic E-state index is 0.169. The predicted molar refractivity (Wildman–Crippen MR) is 141 cm³/mol. The molecule has 0 aromatic heterocycles. The van der Waals surface area contributed by atoms with E-state index in [4.69, 9.17) is 0 Å². The van der Waals surface area contributed by atoms with Crippen LogP contribution in [-0.2, 0) is 19.4 Å². The maximum absolute atomic E-state index is 12.0. The first-order valence-corrected chi connectivity index (χ1v) is 15.7. The molecular weight excluding hydrogens is 447 g/mol. The Balaban J connectivity index is 1.93. The summed E-state index contributed by atoms with van der Waals surface area (Å²) in [4.78, 5) is 45.2. The lowest BCUT2D eigenvalue weighted by atomic mass is 10.1. The molecule has 0 spiro atoms. The van der Waals surface area contributed by atoms with Gasteiger partial charge in [0.15, 0.2) is 5.66 Å². The Labute approximate surface area is 210 Å². The third-order valence-corrected chi connectivity index (χ3v) is 8.53. The number of carbonyl (C=O) groups is 2. The molecule has 34 heavy (non-hydrogen) atoms. The van der Waals surface area contributed by atoms with Crippen LogP contribution in [0.15, 0.2) is 0 Å². The molecule has 5 nitrogen and oxygen atoms in total. The average Bonchev–Trinajstić information content (AvgIpc) is 3.48. The average molecular weight is 499 g/mol. The van der Waals surface area contributed by atoms with Crippen LogP contribution in [0.2, 0.25) is 0 Å². The summed E-state index contributed by atoms with van der Waals surface area (Å²) in [6.45, 7) is 4.47. The van der Waals surface area contributed by atoms with E-state index in [1.54, 1.807) is 0 Å². The van der Waals surface area contributed by atoms with Crippen LogP contribution in [0.1, 0.15) is 155 Å². The summed E-state index contributed by atoms with van der Waals surface area (Å²) in [6.07, 6.45) is 25.5. The van der Waals surface area contributed by atoms with Crippen molar-refractivity contribution < 1.29 is 24.3 Å². The third kappa shape index (κ3) is 15.9. The van der Waals surface area contributed by atoms with Crippen molar-refractivity contribution in [3.8, 4) is 0 Å². The second-order valence-corrected chi connectivity index (χ2v) is 11.7. The van der Waals surface area contributed by atoms with Crippen molar-refractivity contribution in [2.45, 2.75) is 161 Å². The molecule has 0 fully saturated rings. The monoisotopic (exact) mass is 498 g/mol. The molecular formula is C28H51O5P. The molecule has 2 unspecified atom stereocenters. The summed E-state index contributed by atoms with van der Waals surface area (Å²) >= 11 is 0. The molecule has 0 N–H and O–H groups in total. The Kier molecular flexibility index (Phi) is 19.5. The van der Waals surface area contributed by atoms with Crippen LogP contribution in [0, 0.1) is 0 Å². The molecule has 198 valence electrons. The molecule has 1 rings (SSSR count). The van der Waals surface area contributed by atoms with Gasteiger partial charge in [0, 0.05) is 0 Å². The van der Waals surface area contributed by atoms with Crippen molar-refractivity contribution in [1.29, 1.82) is 0 Å². The molecule has 1 heterocycles. The molecule has 0 saturated carbocycles. The van der Waals surface area contributed by atoms with E-state index in [2.05, 4.69) is 23.6 Å². The van der Waals surface area contributed by atoms with Crippen molar-refractivity contribution in [3.05, 3.63) is 0 Å². The molecule has 0 aliphatic carbocycles. The summed E-state index contributed by atoms with van der Waals surface area (Å²) in [5, 5.41) is 0.317. The molecule has 0 aromatic carbocycles. The van der Waals surface area contributed by atoms with E-state index in [1.807, 2.05) is 0 Å². The van der Waals surface area contributed by atoms with Crippen molar-refractivity contribution >= 4 is 25.0 Å². The van der Waals surface area contributed by atoms with Gasteiger partial charge in [-0.1, -0.05) is 129 Å². The van der Waals surface area contributed by atoms with Crippen molar-refractivity contribution in [2.24, 2.45) is 0 Å². The van der Waals surface area contributed by atoms with Crippen LogP contribution in [0.4, 0.5) is 0 Å². The lowest BCUT2D eigenvalue weighted by Crippen LogP contribution is -2.17. The molecule has 2 atom stereocenters. The van der Waals surface area contributed by atoms with E-state index in [1.165, 1.54) is 96.3 Å². The SMILES string of the molecule is CCCCCCCCCCCCCC(=O)OOC(=O)C1=[P+]([O-])C1CCCCCCCCCCC. The highest BCUT2D eigenvalue weighted by molar-refractivity contribution is 7.67. The Morgan fingerprint density at radius 2 is 1.06 bits per heavy atom. The van der Waals surface area contributed by atoms with E-state index in [9.17, 15) is 14.5 Å². The number of rotatable bonds is 23. The smallest absolute Gasteiger partial charge is 0.427 e. The van der Waals surface area contributed by atoms with Crippen LogP contribution in [0.3, 0.4) is 0 Å². The molecule has 0 aromatic rings. The highest BCUT2D eigenvalue weighted by atomic mass is 31.1. The van der Waals surface area contributed by atoms with Crippen LogP contribution in [-0.4, -0.2) is 22.9 Å². The number of hydrogen-bond acceptors (Lipinski definition) is 5. The third-order valence-electron chi connectivity index (χ3n) is 6.75. The fourth-order valence-electron chi connectivity index (χ4n) is 4.45. The fourth-order valence-corrected chi connectivity index (χ4v) is 5.89. The molecule has 0 amide bonds. The van der Waals surface area contributed by atoms with E-state index in [0.29, 0.717) is 5.29 Å². The second-order valence-electron chi connectivity index (χ2n) is 9.96.